The zero-order valence-corrected chi connectivity index (χ0v) is 19.8. The molecule has 2 heterocycles. The van der Waals surface area contributed by atoms with E-state index in [2.05, 4.69) is 20.8 Å². The van der Waals surface area contributed by atoms with E-state index in [4.69, 9.17) is 14.0 Å². The molecule has 0 saturated carbocycles. The maximum Gasteiger partial charge on any atom is 0.408 e. The van der Waals surface area contributed by atoms with Gasteiger partial charge >= 0.3 is 6.09 Å². The van der Waals surface area contributed by atoms with Gasteiger partial charge in [-0.25, -0.2) is 9.78 Å². The van der Waals surface area contributed by atoms with E-state index in [-0.39, 0.29) is 11.8 Å². The summed E-state index contributed by atoms with van der Waals surface area (Å²) in [5.74, 6) is 0.752. The fraction of sp³-hybridized carbons (Fsp3) is 0.417. The molecule has 0 spiro atoms. The number of nitrogens with zero attached hydrogens (tertiary/aromatic N) is 2. The van der Waals surface area contributed by atoms with Crippen LogP contribution in [0.1, 0.15) is 59.6 Å². The van der Waals surface area contributed by atoms with E-state index in [0.717, 1.165) is 11.1 Å². The summed E-state index contributed by atoms with van der Waals surface area (Å²) < 4.78 is 16.6. The van der Waals surface area contributed by atoms with Crippen LogP contribution in [0.3, 0.4) is 0 Å². The SMILES string of the molecule is CC[C@@H](NC(=O)OC(C)(C)C)C(=O)Nc1ccc(Oc2cccc3onc(C(C)C)c23)nc1. The number of alkyl carbamates (subject to hydrolysis) is 1. The monoisotopic (exact) mass is 454 g/mol. The molecular formula is C24H30N4O5. The second-order valence-electron chi connectivity index (χ2n) is 8.94. The lowest BCUT2D eigenvalue weighted by Crippen LogP contribution is -2.45. The Bertz CT molecular complexity index is 1120. The fourth-order valence-corrected chi connectivity index (χ4v) is 3.12. The van der Waals surface area contributed by atoms with Gasteiger partial charge in [0.25, 0.3) is 0 Å². The molecule has 2 N–H and O–H groups in total. The van der Waals surface area contributed by atoms with Crippen LogP contribution in [-0.4, -0.2) is 33.8 Å². The summed E-state index contributed by atoms with van der Waals surface area (Å²) in [6, 6.07) is 8.08. The number of anilines is 1. The van der Waals surface area contributed by atoms with Crippen LogP contribution in [0.15, 0.2) is 41.1 Å². The molecule has 3 aromatic rings. The lowest BCUT2D eigenvalue weighted by atomic mass is 10.1. The van der Waals surface area contributed by atoms with Crippen molar-refractivity contribution in [2.75, 3.05) is 5.32 Å². The Hall–Kier alpha value is -3.62. The van der Waals surface area contributed by atoms with E-state index in [1.54, 1.807) is 39.8 Å². The van der Waals surface area contributed by atoms with Gasteiger partial charge in [0.1, 0.15) is 17.4 Å². The minimum absolute atomic E-state index is 0.169. The van der Waals surface area contributed by atoms with Crippen molar-refractivity contribution in [3.8, 4) is 11.6 Å². The van der Waals surface area contributed by atoms with E-state index in [1.807, 2.05) is 32.0 Å². The first-order chi connectivity index (χ1) is 15.6. The van der Waals surface area contributed by atoms with Gasteiger partial charge in [0, 0.05) is 6.07 Å². The zero-order chi connectivity index (χ0) is 24.2. The summed E-state index contributed by atoms with van der Waals surface area (Å²) in [5, 5.41) is 10.3. The normalized spacial score (nSPS) is 12.5. The van der Waals surface area contributed by atoms with E-state index < -0.39 is 17.7 Å². The second kappa shape index (κ2) is 9.89. The predicted molar refractivity (Wildman–Crippen MR) is 124 cm³/mol. The number of carbonyl (C=O) groups excluding carboxylic acids is 2. The van der Waals surface area contributed by atoms with Gasteiger partial charge in [-0.05, 0) is 51.3 Å². The molecule has 1 aromatic carbocycles. The number of hydrogen-bond acceptors (Lipinski definition) is 7. The third-order valence-electron chi connectivity index (χ3n) is 4.67. The van der Waals surface area contributed by atoms with Crippen molar-refractivity contribution in [3.05, 3.63) is 42.2 Å². The molecule has 0 fully saturated rings. The molecule has 0 unspecified atom stereocenters. The van der Waals surface area contributed by atoms with Crippen LogP contribution < -0.4 is 15.4 Å². The number of hydrogen-bond donors (Lipinski definition) is 2. The minimum atomic E-state index is -0.739. The predicted octanol–water partition coefficient (Wildman–Crippen LogP) is 5.38. The molecule has 0 saturated heterocycles. The van der Waals surface area contributed by atoms with Crippen molar-refractivity contribution < 1.29 is 23.6 Å². The molecule has 9 nitrogen and oxygen atoms in total. The van der Waals surface area contributed by atoms with E-state index in [1.165, 1.54) is 6.20 Å². The Morgan fingerprint density at radius 3 is 2.52 bits per heavy atom. The van der Waals surface area contributed by atoms with Crippen LogP contribution >= 0.6 is 0 Å². The van der Waals surface area contributed by atoms with E-state index >= 15 is 0 Å². The summed E-state index contributed by atoms with van der Waals surface area (Å²) in [4.78, 5) is 28.9. The molecule has 176 valence electrons. The molecule has 0 radical (unpaired) electrons. The molecule has 3 rings (SSSR count). The second-order valence-corrected chi connectivity index (χ2v) is 8.94. The number of fused-ring (bicyclic) bond motifs is 1. The maximum atomic E-state index is 12.6. The van der Waals surface area contributed by atoms with Crippen LogP contribution in [0.4, 0.5) is 10.5 Å². The average molecular weight is 455 g/mol. The summed E-state index contributed by atoms with van der Waals surface area (Å²) >= 11 is 0. The van der Waals surface area contributed by atoms with Gasteiger partial charge < -0.3 is 24.6 Å². The van der Waals surface area contributed by atoms with E-state index in [9.17, 15) is 9.59 Å². The number of pyridine rings is 1. The molecule has 0 aliphatic rings. The molecule has 9 heteroatoms. The number of ether oxygens (including phenoxy) is 2. The minimum Gasteiger partial charge on any atom is -0.444 e. The molecule has 0 aliphatic carbocycles. The van der Waals surface area contributed by atoms with Crippen molar-refractivity contribution in [2.24, 2.45) is 0 Å². The number of amides is 2. The molecule has 33 heavy (non-hydrogen) atoms. The Labute approximate surface area is 192 Å². The summed E-state index contributed by atoms with van der Waals surface area (Å²) in [5.41, 5.74) is 1.28. The molecule has 0 aliphatic heterocycles. The number of benzene rings is 1. The first-order valence-corrected chi connectivity index (χ1v) is 10.9. The topological polar surface area (TPSA) is 116 Å². The van der Waals surface area contributed by atoms with E-state index in [0.29, 0.717) is 29.3 Å². The highest BCUT2D eigenvalue weighted by Gasteiger charge is 2.23. The number of rotatable bonds is 7. The quantitative estimate of drug-likeness (QED) is 0.492. The molecular weight excluding hydrogens is 424 g/mol. The average Bonchev–Trinajstić information content (AvgIpc) is 3.17. The first-order valence-electron chi connectivity index (χ1n) is 10.9. The highest BCUT2D eigenvalue weighted by Crippen LogP contribution is 2.34. The third-order valence-corrected chi connectivity index (χ3v) is 4.67. The zero-order valence-electron chi connectivity index (χ0n) is 19.8. The van der Waals surface area contributed by atoms with Crippen LogP contribution in [0.2, 0.25) is 0 Å². The van der Waals surface area contributed by atoms with Gasteiger partial charge in [0.05, 0.1) is 23.0 Å². The third kappa shape index (κ3) is 6.21. The van der Waals surface area contributed by atoms with Crippen LogP contribution in [0, 0.1) is 0 Å². The van der Waals surface area contributed by atoms with Gasteiger partial charge in [-0.2, -0.15) is 0 Å². The Morgan fingerprint density at radius 2 is 1.91 bits per heavy atom. The number of carbonyl (C=O) groups is 2. The number of aromatic nitrogens is 2. The van der Waals surface area contributed by atoms with Gasteiger partial charge in [-0.15, -0.1) is 0 Å². The van der Waals surface area contributed by atoms with Gasteiger partial charge in [-0.1, -0.05) is 32.0 Å². The summed E-state index contributed by atoms with van der Waals surface area (Å²) in [6.07, 6.45) is 1.25. The summed E-state index contributed by atoms with van der Waals surface area (Å²) in [6.45, 7) is 11.1. The lowest BCUT2D eigenvalue weighted by molar-refractivity contribution is -0.118. The molecule has 1 atom stereocenters. The molecule has 0 bridgehead atoms. The summed E-state index contributed by atoms with van der Waals surface area (Å²) in [7, 11) is 0. The van der Waals surface area contributed by atoms with Crippen molar-refractivity contribution in [3.63, 3.8) is 0 Å². The van der Waals surface area contributed by atoms with Crippen molar-refractivity contribution in [1.29, 1.82) is 0 Å². The Morgan fingerprint density at radius 1 is 1.15 bits per heavy atom. The van der Waals surface area contributed by atoms with Crippen LogP contribution in [0.25, 0.3) is 11.0 Å². The van der Waals surface area contributed by atoms with Crippen LogP contribution in [-0.2, 0) is 9.53 Å². The smallest absolute Gasteiger partial charge is 0.408 e. The lowest BCUT2D eigenvalue weighted by Gasteiger charge is -2.22. The van der Waals surface area contributed by atoms with Crippen LogP contribution in [0.5, 0.6) is 11.6 Å². The Kier molecular flexibility index (Phi) is 7.20. The van der Waals surface area contributed by atoms with Gasteiger partial charge in [0.2, 0.25) is 11.8 Å². The number of nitrogens with one attached hydrogen (secondary N) is 2. The highest BCUT2D eigenvalue weighted by molar-refractivity contribution is 5.96. The van der Waals surface area contributed by atoms with Gasteiger partial charge in [0.15, 0.2) is 5.58 Å². The molecule has 2 aromatic heterocycles. The molecule has 2 amide bonds. The van der Waals surface area contributed by atoms with Crippen molar-refractivity contribution in [2.45, 2.75) is 65.5 Å². The fourth-order valence-electron chi connectivity index (χ4n) is 3.12. The maximum absolute atomic E-state index is 12.6. The Balaban J connectivity index is 1.67. The standard InChI is InChI=1S/C24H30N4O5/c1-7-16(27-23(30)32-24(4,5)6)22(29)26-15-11-12-19(25-13-15)31-17-9-8-10-18-20(17)21(14(2)3)28-33-18/h8-14,16H,7H2,1-6H3,(H,26,29)(H,27,30)/t16-/m1/s1. The van der Waals surface area contributed by atoms with Crippen molar-refractivity contribution >= 4 is 28.7 Å². The van der Waals surface area contributed by atoms with Gasteiger partial charge in [-0.3, -0.25) is 4.79 Å². The van der Waals surface area contributed by atoms with Crippen molar-refractivity contribution in [1.82, 2.24) is 15.5 Å². The highest BCUT2D eigenvalue weighted by atomic mass is 16.6. The first kappa shape index (κ1) is 24.0. The largest absolute Gasteiger partial charge is 0.444 e.